The Morgan fingerprint density at radius 1 is 1.00 bits per heavy atom. The smallest absolute Gasteiger partial charge is 0.266 e. The van der Waals surface area contributed by atoms with E-state index in [0.29, 0.717) is 33.2 Å². The van der Waals surface area contributed by atoms with Crippen molar-refractivity contribution in [3.8, 4) is 11.4 Å². The highest BCUT2D eigenvalue weighted by Crippen LogP contribution is 2.30. The van der Waals surface area contributed by atoms with Crippen LogP contribution in [0.4, 0.5) is 0 Å². The Balaban J connectivity index is 1.97. The number of benzene rings is 3. The molecule has 0 saturated heterocycles. The number of aryl methyl sites for hydroxylation is 1. The van der Waals surface area contributed by atoms with E-state index in [-0.39, 0.29) is 22.9 Å². The summed E-state index contributed by atoms with van der Waals surface area (Å²) in [4.78, 5) is 18.8. The second-order valence-electron chi connectivity index (χ2n) is 9.43. The van der Waals surface area contributed by atoms with E-state index in [1.54, 1.807) is 80.8 Å². The summed E-state index contributed by atoms with van der Waals surface area (Å²) in [7, 11) is -2.35. The fraction of sp³-hybridized carbons (Fsp3) is 0.286. The van der Waals surface area contributed by atoms with Gasteiger partial charge in [0, 0.05) is 11.6 Å². The summed E-state index contributed by atoms with van der Waals surface area (Å²) in [6.07, 6.45) is 0. The van der Waals surface area contributed by atoms with Crippen LogP contribution in [-0.2, 0) is 10.0 Å². The maximum Gasteiger partial charge on any atom is 0.266 e. The number of methoxy groups -OCH3 is 1. The van der Waals surface area contributed by atoms with Crippen LogP contribution in [0.5, 0.6) is 5.75 Å². The quantitative estimate of drug-likeness (QED) is 0.284. The third kappa shape index (κ3) is 5.42. The van der Waals surface area contributed by atoms with Crippen LogP contribution in [-0.4, -0.2) is 35.9 Å². The molecule has 0 aliphatic carbocycles. The zero-order valence-electron chi connectivity index (χ0n) is 21.5. The first-order chi connectivity index (χ1) is 17.5. The summed E-state index contributed by atoms with van der Waals surface area (Å²) >= 11 is 6.22. The van der Waals surface area contributed by atoms with Gasteiger partial charge in [-0.15, -0.1) is 0 Å². The molecule has 4 rings (SSSR count). The predicted octanol–water partition coefficient (Wildman–Crippen LogP) is 5.76. The molecule has 4 aromatic rings. The Bertz CT molecular complexity index is 1580. The van der Waals surface area contributed by atoms with Crippen molar-refractivity contribution in [2.24, 2.45) is 5.92 Å². The normalized spacial score (nSPS) is 12.9. The summed E-state index contributed by atoms with van der Waals surface area (Å²) in [6.45, 7) is 7.81. The van der Waals surface area contributed by atoms with Crippen molar-refractivity contribution in [1.82, 2.24) is 13.9 Å². The van der Waals surface area contributed by atoms with Gasteiger partial charge in [-0.25, -0.2) is 13.4 Å². The fourth-order valence-electron chi connectivity index (χ4n) is 4.24. The molecule has 0 amide bonds. The number of hydrogen-bond acceptors (Lipinski definition) is 5. The minimum absolute atomic E-state index is 0.0266. The van der Waals surface area contributed by atoms with Gasteiger partial charge in [0.05, 0.1) is 34.6 Å². The third-order valence-corrected chi connectivity index (χ3v) is 8.35. The highest BCUT2D eigenvalue weighted by atomic mass is 35.5. The zero-order chi connectivity index (χ0) is 26.9. The summed E-state index contributed by atoms with van der Waals surface area (Å²) in [5.74, 6) is 0.954. The van der Waals surface area contributed by atoms with Gasteiger partial charge in [0.1, 0.15) is 11.6 Å². The van der Waals surface area contributed by atoms with E-state index in [4.69, 9.17) is 21.3 Å². The maximum absolute atomic E-state index is 13.9. The number of nitrogens with zero attached hydrogens (tertiary/aromatic N) is 3. The van der Waals surface area contributed by atoms with Crippen molar-refractivity contribution >= 4 is 32.5 Å². The molecule has 7 nitrogen and oxygen atoms in total. The molecule has 1 aromatic heterocycles. The summed E-state index contributed by atoms with van der Waals surface area (Å²) in [5.41, 5.74) is 1.60. The lowest BCUT2D eigenvalue weighted by atomic mass is 10.1. The average Bonchev–Trinajstić information content (AvgIpc) is 2.87. The largest absolute Gasteiger partial charge is 0.497 e. The zero-order valence-corrected chi connectivity index (χ0v) is 23.0. The van der Waals surface area contributed by atoms with E-state index in [2.05, 4.69) is 0 Å². The highest BCUT2D eigenvalue weighted by molar-refractivity contribution is 7.89. The van der Waals surface area contributed by atoms with Gasteiger partial charge in [-0.05, 0) is 74.4 Å². The second kappa shape index (κ2) is 10.7. The van der Waals surface area contributed by atoms with Gasteiger partial charge in [-0.2, -0.15) is 4.31 Å². The van der Waals surface area contributed by atoms with Crippen LogP contribution in [0.1, 0.15) is 38.2 Å². The number of sulfonamides is 1. The number of fused-ring (bicyclic) bond motifs is 1. The first-order valence-corrected chi connectivity index (χ1v) is 13.8. The van der Waals surface area contributed by atoms with Gasteiger partial charge in [-0.3, -0.25) is 9.36 Å². The number of halogens is 1. The monoisotopic (exact) mass is 539 g/mol. The van der Waals surface area contributed by atoms with E-state index < -0.39 is 16.1 Å². The Morgan fingerprint density at radius 3 is 2.24 bits per heavy atom. The molecule has 0 N–H and O–H groups in total. The summed E-state index contributed by atoms with van der Waals surface area (Å²) < 4.78 is 36.0. The Hall–Kier alpha value is -3.20. The SMILES string of the molecule is COc1ccc(-n2c(C(C)N(CC(C)C)S(=O)(=O)c3ccc(C)cc3)nc3cc(Cl)ccc3c2=O)cc1. The molecule has 1 unspecified atom stereocenters. The third-order valence-electron chi connectivity index (χ3n) is 6.17. The lowest BCUT2D eigenvalue weighted by Gasteiger charge is -2.31. The lowest BCUT2D eigenvalue weighted by Crippen LogP contribution is -2.39. The van der Waals surface area contributed by atoms with Crippen LogP contribution in [0.25, 0.3) is 16.6 Å². The van der Waals surface area contributed by atoms with E-state index in [9.17, 15) is 13.2 Å². The molecule has 0 fully saturated rings. The van der Waals surface area contributed by atoms with Crippen molar-refractivity contribution in [2.75, 3.05) is 13.7 Å². The fourth-order valence-corrected chi connectivity index (χ4v) is 6.16. The molecule has 1 heterocycles. The Kier molecular flexibility index (Phi) is 7.73. The van der Waals surface area contributed by atoms with Crippen LogP contribution < -0.4 is 10.3 Å². The Labute approximate surface area is 222 Å². The van der Waals surface area contributed by atoms with Crippen LogP contribution in [0, 0.1) is 12.8 Å². The van der Waals surface area contributed by atoms with Crippen LogP contribution in [0.3, 0.4) is 0 Å². The maximum atomic E-state index is 13.9. The number of aromatic nitrogens is 2. The minimum atomic E-state index is -3.91. The molecule has 9 heteroatoms. The summed E-state index contributed by atoms with van der Waals surface area (Å²) in [5, 5.41) is 0.819. The highest BCUT2D eigenvalue weighted by Gasteiger charge is 2.33. The van der Waals surface area contributed by atoms with Crippen LogP contribution >= 0.6 is 11.6 Å². The number of rotatable bonds is 8. The molecular weight excluding hydrogens is 510 g/mol. The molecule has 0 bridgehead atoms. The van der Waals surface area contributed by atoms with Gasteiger partial charge in [-0.1, -0.05) is 43.1 Å². The molecule has 37 heavy (non-hydrogen) atoms. The molecule has 0 radical (unpaired) electrons. The molecular formula is C28H30ClN3O4S. The molecule has 0 spiro atoms. The average molecular weight is 540 g/mol. The van der Waals surface area contributed by atoms with Crippen LogP contribution in [0.15, 0.2) is 76.4 Å². The van der Waals surface area contributed by atoms with Gasteiger partial charge in [0.2, 0.25) is 10.0 Å². The van der Waals surface area contributed by atoms with E-state index in [0.717, 1.165) is 5.56 Å². The topological polar surface area (TPSA) is 81.5 Å². The van der Waals surface area contributed by atoms with Gasteiger partial charge in [0.25, 0.3) is 5.56 Å². The van der Waals surface area contributed by atoms with Crippen molar-refractivity contribution in [2.45, 2.75) is 38.6 Å². The molecule has 194 valence electrons. The summed E-state index contributed by atoms with van der Waals surface area (Å²) in [6, 6.07) is 17.9. The second-order valence-corrected chi connectivity index (χ2v) is 11.8. The molecule has 0 saturated carbocycles. The van der Waals surface area contributed by atoms with Gasteiger partial charge < -0.3 is 4.74 Å². The predicted molar refractivity (Wildman–Crippen MR) is 147 cm³/mol. The van der Waals surface area contributed by atoms with E-state index in [1.807, 2.05) is 20.8 Å². The number of ether oxygens (including phenoxy) is 1. The first kappa shape index (κ1) is 26.9. The van der Waals surface area contributed by atoms with E-state index in [1.165, 1.54) is 8.87 Å². The minimum Gasteiger partial charge on any atom is -0.497 e. The Morgan fingerprint density at radius 2 is 1.65 bits per heavy atom. The standard InChI is InChI=1S/C28H30ClN3O4S/c1-18(2)17-31(37(34,35)24-13-6-19(3)7-14-24)20(4)27-30-26-16-21(29)8-15-25(26)28(33)32(27)22-9-11-23(36-5)12-10-22/h6-16,18,20H,17H2,1-5H3. The van der Waals surface area contributed by atoms with E-state index >= 15 is 0 Å². The lowest BCUT2D eigenvalue weighted by molar-refractivity contribution is 0.296. The van der Waals surface area contributed by atoms with Crippen molar-refractivity contribution in [3.63, 3.8) is 0 Å². The number of hydrogen-bond donors (Lipinski definition) is 0. The molecule has 0 aliphatic rings. The van der Waals surface area contributed by atoms with Gasteiger partial charge in [0.15, 0.2) is 0 Å². The van der Waals surface area contributed by atoms with Gasteiger partial charge >= 0.3 is 0 Å². The molecule has 0 aliphatic heterocycles. The van der Waals surface area contributed by atoms with Crippen LogP contribution in [0.2, 0.25) is 5.02 Å². The van der Waals surface area contributed by atoms with Crippen molar-refractivity contribution in [3.05, 3.63) is 93.5 Å². The van der Waals surface area contributed by atoms with Crippen molar-refractivity contribution < 1.29 is 13.2 Å². The van der Waals surface area contributed by atoms with Crippen molar-refractivity contribution in [1.29, 1.82) is 0 Å². The molecule has 1 atom stereocenters. The molecule has 3 aromatic carbocycles. The first-order valence-electron chi connectivity index (χ1n) is 12.0.